The maximum absolute atomic E-state index is 15.1. The van der Waals surface area contributed by atoms with Crippen molar-refractivity contribution in [3.63, 3.8) is 0 Å². The van der Waals surface area contributed by atoms with Gasteiger partial charge in [-0.2, -0.15) is 0 Å². The monoisotopic (exact) mass is 455 g/mol. The summed E-state index contributed by atoms with van der Waals surface area (Å²) in [6.07, 6.45) is 1.36. The van der Waals surface area contributed by atoms with Crippen LogP contribution in [0.4, 0.5) is 4.39 Å². The van der Waals surface area contributed by atoms with Crippen LogP contribution in [0.15, 0.2) is 54.7 Å². The zero-order valence-corrected chi connectivity index (χ0v) is 17.6. The molecule has 0 amide bonds. The van der Waals surface area contributed by atoms with Gasteiger partial charge in [-0.15, -0.1) is 5.10 Å². The first-order chi connectivity index (χ1) is 15.6. The molecule has 9 heteroatoms. The molecule has 0 saturated carbocycles. The first-order valence-electron chi connectivity index (χ1n) is 9.81. The molecule has 2 N–H and O–H groups in total. The van der Waals surface area contributed by atoms with E-state index >= 15 is 4.39 Å². The van der Waals surface area contributed by atoms with Crippen LogP contribution >= 0.6 is 11.6 Å². The molecule has 4 aromatic rings. The number of aliphatic hydroxyl groups is 1. The number of carbonyl (C=O) groups is 1. The van der Waals surface area contributed by atoms with Gasteiger partial charge in [0.15, 0.2) is 23.0 Å². The van der Waals surface area contributed by atoms with Crippen molar-refractivity contribution in [1.29, 1.82) is 0 Å². The van der Waals surface area contributed by atoms with E-state index in [9.17, 15) is 4.79 Å². The van der Waals surface area contributed by atoms with E-state index in [1.807, 2.05) is 30.3 Å². The summed E-state index contributed by atoms with van der Waals surface area (Å²) in [6.45, 7) is 0.0604. The van der Waals surface area contributed by atoms with Gasteiger partial charge >= 0.3 is 0 Å². The first-order valence-corrected chi connectivity index (χ1v) is 10.2. The van der Waals surface area contributed by atoms with Gasteiger partial charge in [0.05, 0.1) is 22.6 Å². The van der Waals surface area contributed by atoms with E-state index in [2.05, 4.69) is 15.2 Å². The molecule has 0 radical (unpaired) electrons. The normalized spacial score (nSPS) is 11.0. The number of ketones is 1. The Hall–Kier alpha value is -3.49. The Labute approximate surface area is 187 Å². The predicted molar refractivity (Wildman–Crippen MR) is 117 cm³/mol. The lowest BCUT2D eigenvalue weighted by Gasteiger charge is -2.11. The van der Waals surface area contributed by atoms with E-state index in [1.165, 1.54) is 18.3 Å². The van der Waals surface area contributed by atoms with E-state index in [4.69, 9.17) is 26.2 Å². The number of hydrogen-bond acceptors (Lipinski definition) is 6. The fourth-order valence-electron chi connectivity index (χ4n) is 3.18. The van der Waals surface area contributed by atoms with Crippen LogP contribution in [0.5, 0.6) is 11.6 Å². The lowest BCUT2D eigenvalue weighted by Crippen LogP contribution is -2.09. The van der Waals surface area contributed by atoms with Gasteiger partial charge in [0.1, 0.15) is 13.2 Å². The molecule has 0 aliphatic carbocycles. The van der Waals surface area contributed by atoms with Crippen LogP contribution in [-0.4, -0.2) is 39.3 Å². The summed E-state index contributed by atoms with van der Waals surface area (Å²) >= 11 is 6.15. The van der Waals surface area contributed by atoms with Gasteiger partial charge < -0.3 is 14.6 Å². The van der Waals surface area contributed by atoms with Crippen LogP contribution in [0.3, 0.4) is 0 Å². The Morgan fingerprint density at radius 1 is 1.12 bits per heavy atom. The topological polar surface area (TPSA) is 97.3 Å². The SMILES string of the molecule is O=C(Cc1cnc2[nH]nc(OCCO)c2c1)c1c(Cl)ccc(OCc2ccccc2)c1F. The number of benzene rings is 2. The maximum Gasteiger partial charge on any atom is 0.242 e. The minimum absolute atomic E-state index is 0.00359. The first kappa shape index (κ1) is 21.7. The molecule has 0 bridgehead atoms. The number of aliphatic hydroxyl groups excluding tert-OH is 1. The van der Waals surface area contributed by atoms with Crippen LogP contribution in [0.2, 0.25) is 5.02 Å². The van der Waals surface area contributed by atoms with Crippen molar-refractivity contribution in [1.82, 2.24) is 15.2 Å². The van der Waals surface area contributed by atoms with Crippen molar-refractivity contribution < 1.29 is 23.8 Å². The molecule has 164 valence electrons. The quantitative estimate of drug-likeness (QED) is 0.368. The summed E-state index contributed by atoms with van der Waals surface area (Å²) in [4.78, 5) is 17.1. The molecule has 0 fully saturated rings. The minimum atomic E-state index is -0.803. The van der Waals surface area contributed by atoms with Gasteiger partial charge in [0.2, 0.25) is 5.88 Å². The van der Waals surface area contributed by atoms with E-state index in [1.54, 1.807) is 6.07 Å². The molecule has 0 spiro atoms. The van der Waals surface area contributed by atoms with Gasteiger partial charge in [-0.3, -0.25) is 9.89 Å². The second-order valence-corrected chi connectivity index (χ2v) is 7.36. The standard InChI is InChI=1S/C23H19ClFN3O4/c24-17-6-7-19(32-13-14-4-2-1-3-5-14)21(25)20(17)18(30)11-15-10-16-22(26-12-15)27-28-23(16)31-9-8-29/h1-7,10,12,29H,8-9,11,13H2,(H,26,27,28). The van der Waals surface area contributed by atoms with Crippen molar-refractivity contribution >= 4 is 28.4 Å². The van der Waals surface area contributed by atoms with Crippen LogP contribution in [-0.2, 0) is 13.0 Å². The molecule has 2 heterocycles. The lowest BCUT2D eigenvalue weighted by molar-refractivity contribution is 0.0988. The molecule has 4 rings (SSSR count). The third-order valence-electron chi connectivity index (χ3n) is 4.70. The number of aromatic nitrogens is 3. The summed E-state index contributed by atoms with van der Waals surface area (Å²) in [5, 5.41) is 16.2. The molecule has 7 nitrogen and oxygen atoms in total. The summed E-state index contributed by atoms with van der Waals surface area (Å²) < 4.78 is 26.0. The Kier molecular flexibility index (Phi) is 6.63. The highest BCUT2D eigenvalue weighted by molar-refractivity contribution is 6.34. The molecule has 32 heavy (non-hydrogen) atoms. The van der Waals surface area contributed by atoms with Crippen molar-refractivity contribution in [3.8, 4) is 11.6 Å². The molecular weight excluding hydrogens is 437 g/mol. The number of H-pyrrole nitrogens is 1. The number of pyridine rings is 1. The number of hydrogen-bond donors (Lipinski definition) is 2. The molecule has 0 atom stereocenters. The zero-order chi connectivity index (χ0) is 22.5. The van der Waals surface area contributed by atoms with Crippen molar-refractivity contribution in [2.45, 2.75) is 13.0 Å². The predicted octanol–water partition coefficient (Wildman–Crippen LogP) is 4.13. The average Bonchev–Trinajstić information content (AvgIpc) is 3.20. The van der Waals surface area contributed by atoms with E-state index in [0.29, 0.717) is 16.6 Å². The Bertz CT molecular complexity index is 1250. The third-order valence-corrected chi connectivity index (χ3v) is 5.02. The molecule has 2 aromatic heterocycles. The summed E-state index contributed by atoms with van der Waals surface area (Å²) in [6, 6.07) is 13.8. The lowest BCUT2D eigenvalue weighted by atomic mass is 10.0. The Morgan fingerprint density at radius 2 is 1.94 bits per heavy atom. The summed E-state index contributed by atoms with van der Waals surface area (Å²) in [7, 11) is 0. The molecule has 2 aromatic carbocycles. The largest absolute Gasteiger partial charge is 0.486 e. The number of fused-ring (bicyclic) bond motifs is 1. The molecule has 0 saturated heterocycles. The number of Topliss-reactive ketones (excluding diaryl/α,β-unsaturated/α-hetero) is 1. The Balaban J connectivity index is 1.55. The Morgan fingerprint density at radius 3 is 2.72 bits per heavy atom. The number of aromatic amines is 1. The van der Waals surface area contributed by atoms with E-state index in [0.717, 1.165) is 5.56 Å². The minimum Gasteiger partial charge on any atom is -0.486 e. The maximum atomic E-state index is 15.1. The van der Waals surface area contributed by atoms with E-state index in [-0.39, 0.29) is 48.5 Å². The average molecular weight is 456 g/mol. The van der Waals surface area contributed by atoms with Crippen LogP contribution in [0, 0.1) is 5.82 Å². The molecular formula is C23H19ClFN3O4. The smallest absolute Gasteiger partial charge is 0.242 e. The number of nitrogens with one attached hydrogen (secondary N) is 1. The highest BCUT2D eigenvalue weighted by atomic mass is 35.5. The van der Waals surface area contributed by atoms with Crippen molar-refractivity contribution in [2.75, 3.05) is 13.2 Å². The number of nitrogens with zero attached hydrogens (tertiary/aromatic N) is 2. The van der Waals surface area contributed by atoms with Crippen molar-refractivity contribution in [3.05, 3.63) is 82.3 Å². The number of rotatable bonds is 9. The summed E-state index contributed by atoms with van der Waals surface area (Å²) in [5.74, 6) is -1.11. The highest BCUT2D eigenvalue weighted by Gasteiger charge is 2.21. The zero-order valence-electron chi connectivity index (χ0n) is 16.8. The molecule has 0 aliphatic rings. The second-order valence-electron chi connectivity index (χ2n) is 6.95. The second kappa shape index (κ2) is 9.76. The highest BCUT2D eigenvalue weighted by Crippen LogP contribution is 2.30. The van der Waals surface area contributed by atoms with Crippen molar-refractivity contribution in [2.24, 2.45) is 0 Å². The number of halogens is 2. The van der Waals surface area contributed by atoms with Gasteiger partial charge in [-0.1, -0.05) is 41.9 Å². The van der Waals surface area contributed by atoms with Gasteiger partial charge in [-0.05, 0) is 29.3 Å². The van der Waals surface area contributed by atoms with Crippen LogP contribution in [0.1, 0.15) is 21.5 Å². The van der Waals surface area contributed by atoms with E-state index < -0.39 is 11.6 Å². The van der Waals surface area contributed by atoms with Crippen LogP contribution in [0.25, 0.3) is 11.0 Å². The fourth-order valence-corrected chi connectivity index (χ4v) is 3.43. The van der Waals surface area contributed by atoms with Crippen LogP contribution < -0.4 is 9.47 Å². The number of carbonyl (C=O) groups excluding carboxylic acids is 1. The van der Waals surface area contributed by atoms with Gasteiger partial charge in [-0.25, -0.2) is 9.37 Å². The molecule has 0 unspecified atom stereocenters. The third kappa shape index (κ3) is 4.71. The van der Waals surface area contributed by atoms with Gasteiger partial charge in [0, 0.05) is 12.6 Å². The number of ether oxygens (including phenoxy) is 2. The fraction of sp³-hybridized carbons (Fsp3) is 0.174. The summed E-state index contributed by atoms with van der Waals surface area (Å²) in [5.41, 5.74) is 1.63. The van der Waals surface area contributed by atoms with Gasteiger partial charge in [0.25, 0.3) is 0 Å². The molecule has 0 aliphatic heterocycles.